The van der Waals surface area contributed by atoms with E-state index in [9.17, 15) is 0 Å². The van der Waals surface area contributed by atoms with E-state index in [2.05, 4.69) is 75.6 Å². The Morgan fingerprint density at radius 2 is 1.79 bits per heavy atom. The topological polar surface area (TPSA) is 17.8 Å². The van der Waals surface area contributed by atoms with Gasteiger partial charge in [-0.2, -0.15) is 5.10 Å². The van der Waals surface area contributed by atoms with Gasteiger partial charge in [-0.3, -0.25) is 4.68 Å². The number of aromatic nitrogens is 2. The lowest BCUT2D eigenvalue weighted by Crippen LogP contribution is -2.14. The molecule has 0 saturated carbocycles. The Balaban J connectivity index is 2.65. The quantitative estimate of drug-likeness (QED) is 0.759. The number of aryl methyl sites for hydroxylation is 1. The fourth-order valence-electron chi connectivity index (χ4n) is 2.44. The molecule has 0 fully saturated rings. The Morgan fingerprint density at radius 1 is 1.11 bits per heavy atom. The molecule has 0 saturated heterocycles. The summed E-state index contributed by atoms with van der Waals surface area (Å²) in [5, 5.41) is 4.45. The highest BCUT2D eigenvalue weighted by Crippen LogP contribution is 2.34. The summed E-state index contributed by atoms with van der Waals surface area (Å²) in [4.78, 5) is 0. The number of rotatable bonds is 2. The molecule has 2 nitrogen and oxygen atoms in total. The molecule has 1 aromatic carbocycles. The van der Waals surface area contributed by atoms with Crippen LogP contribution in [0.2, 0.25) is 0 Å². The minimum atomic E-state index is 0.132. The van der Waals surface area contributed by atoms with Crippen LogP contribution in [0.15, 0.2) is 30.5 Å². The van der Waals surface area contributed by atoms with Gasteiger partial charge in [0.1, 0.15) is 0 Å². The zero-order valence-corrected chi connectivity index (χ0v) is 12.9. The molecular formula is C17H24N2. The van der Waals surface area contributed by atoms with E-state index >= 15 is 0 Å². The molecule has 0 N–H and O–H groups in total. The molecule has 0 aliphatic carbocycles. The van der Waals surface area contributed by atoms with E-state index in [4.69, 9.17) is 0 Å². The first-order chi connectivity index (χ1) is 8.80. The van der Waals surface area contributed by atoms with Gasteiger partial charge in [0.15, 0.2) is 0 Å². The third-order valence-electron chi connectivity index (χ3n) is 3.42. The van der Waals surface area contributed by atoms with E-state index in [1.807, 2.05) is 6.20 Å². The van der Waals surface area contributed by atoms with E-state index in [1.165, 1.54) is 22.4 Å². The zero-order chi connectivity index (χ0) is 14.2. The summed E-state index contributed by atoms with van der Waals surface area (Å²) in [6.07, 6.45) is 1.89. The second-order valence-corrected chi connectivity index (χ2v) is 6.55. The Labute approximate surface area is 116 Å². The smallest absolute Gasteiger partial charge is 0.0688 e. The fraction of sp³-hybridized carbons (Fsp3) is 0.471. The van der Waals surface area contributed by atoms with E-state index in [1.54, 1.807) is 0 Å². The third kappa shape index (κ3) is 2.73. The fourth-order valence-corrected chi connectivity index (χ4v) is 2.44. The van der Waals surface area contributed by atoms with Crippen LogP contribution < -0.4 is 0 Å². The van der Waals surface area contributed by atoms with Gasteiger partial charge < -0.3 is 0 Å². The molecule has 1 heterocycles. The normalized spacial score (nSPS) is 12.2. The number of hydrogen-bond acceptors (Lipinski definition) is 1. The molecule has 0 aliphatic heterocycles. The monoisotopic (exact) mass is 256 g/mol. The van der Waals surface area contributed by atoms with Crippen LogP contribution in [-0.4, -0.2) is 9.78 Å². The molecule has 102 valence electrons. The van der Waals surface area contributed by atoms with Gasteiger partial charge in [0.2, 0.25) is 0 Å². The van der Waals surface area contributed by atoms with Crippen molar-refractivity contribution in [2.45, 2.75) is 53.0 Å². The molecule has 19 heavy (non-hydrogen) atoms. The molecule has 2 heteroatoms. The van der Waals surface area contributed by atoms with Crippen molar-refractivity contribution in [3.63, 3.8) is 0 Å². The molecule has 2 aromatic rings. The van der Waals surface area contributed by atoms with Gasteiger partial charge in [0, 0.05) is 17.8 Å². The lowest BCUT2D eigenvalue weighted by Gasteiger charge is -2.24. The SMILES string of the molecule is Cc1ccc(-c2ccnn2C(C)C)c(C(C)(C)C)c1. The van der Waals surface area contributed by atoms with Crippen LogP contribution in [0.4, 0.5) is 0 Å². The van der Waals surface area contributed by atoms with E-state index in [0.717, 1.165) is 0 Å². The molecule has 2 rings (SSSR count). The predicted octanol–water partition coefficient (Wildman–Crippen LogP) is 4.74. The minimum absolute atomic E-state index is 0.132. The Hall–Kier alpha value is -1.57. The van der Waals surface area contributed by atoms with Gasteiger partial charge in [-0.25, -0.2) is 0 Å². The molecular weight excluding hydrogens is 232 g/mol. The first-order valence-corrected chi connectivity index (χ1v) is 6.95. The van der Waals surface area contributed by atoms with Crippen LogP contribution in [0.5, 0.6) is 0 Å². The lowest BCUT2D eigenvalue weighted by molar-refractivity contribution is 0.536. The van der Waals surface area contributed by atoms with Crippen molar-refractivity contribution in [1.82, 2.24) is 9.78 Å². The summed E-state index contributed by atoms with van der Waals surface area (Å²) in [6.45, 7) is 13.3. The minimum Gasteiger partial charge on any atom is -0.262 e. The number of hydrogen-bond donors (Lipinski definition) is 0. The average Bonchev–Trinajstić information content (AvgIpc) is 2.76. The van der Waals surface area contributed by atoms with E-state index < -0.39 is 0 Å². The van der Waals surface area contributed by atoms with Crippen molar-refractivity contribution in [2.24, 2.45) is 0 Å². The van der Waals surface area contributed by atoms with Gasteiger partial charge in [0.25, 0.3) is 0 Å². The standard InChI is InChI=1S/C17H24N2/c1-12(2)19-16(9-10-18-19)14-8-7-13(3)11-15(14)17(4,5)6/h7-12H,1-6H3. The maximum atomic E-state index is 4.45. The molecule has 0 radical (unpaired) electrons. The molecule has 0 atom stereocenters. The molecule has 0 unspecified atom stereocenters. The molecule has 0 aliphatic rings. The summed E-state index contributed by atoms with van der Waals surface area (Å²) in [7, 11) is 0. The first-order valence-electron chi connectivity index (χ1n) is 6.95. The predicted molar refractivity (Wildman–Crippen MR) is 81.5 cm³/mol. The number of benzene rings is 1. The third-order valence-corrected chi connectivity index (χ3v) is 3.42. The summed E-state index contributed by atoms with van der Waals surface area (Å²) in [5.74, 6) is 0. The van der Waals surface area contributed by atoms with Crippen molar-refractivity contribution in [1.29, 1.82) is 0 Å². The van der Waals surface area contributed by atoms with Gasteiger partial charge >= 0.3 is 0 Å². The van der Waals surface area contributed by atoms with Crippen molar-refractivity contribution < 1.29 is 0 Å². The van der Waals surface area contributed by atoms with Crippen LogP contribution in [-0.2, 0) is 5.41 Å². The largest absolute Gasteiger partial charge is 0.262 e. The van der Waals surface area contributed by atoms with Crippen LogP contribution in [0.1, 0.15) is 51.8 Å². The average molecular weight is 256 g/mol. The van der Waals surface area contributed by atoms with Crippen LogP contribution in [0.25, 0.3) is 11.3 Å². The van der Waals surface area contributed by atoms with Gasteiger partial charge in [0.05, 0.1) is 5.69 Å². The highest BCUT2D eigenvalue weighted by molar-refractivity contribution is 5.66. The molecule has 0 bridgehead atoms. The van der Waals surface area contributed by atoms with Gasteiger partial charge in [-0.15, -0.1) is 0 Å². The van der Waals surface area contributed by atoms with Crippen molar-refractivity contribution in [3.05, 3.63) is 41.6 Å². The van der Waals surface area contributed by atoms with E-state index in [-0.39, 0.29) is 5.41 Å². The zero-order valence-electron chi connectivity index (χ0n) is 12.9. The maximum absolute atomic E-state index is 4.45. The molecule has 0 amide bonds. The highest BCUT2D eigenvalue weighted by atomic mass is 15.3. The Kier molecular flexibility index (Phi) is 3.53. The number of nitrogens with zero attached hydrogens (tertiary/aromatic N) is 2. The Bertz CT molecular complexity index is 571. The van der Waals surface area contributed by atoms with Crippen molar-refractivity contribution in [2.75, 3.05) is 0 Å². The van der Waals surface area contributed by atoms with Crippen LogP contribution in [0, 0.1) is 6.92 Å². The summed E-state index contributed by atoms with van der Waals surface area (Å²) >= 11 is 0. The van der Waals surface area contributed by atoms with Gasteiger partial charge in [-0.1, -0.05) is 44.5 Å². The summed E-state index contributed by atoms with van der Waals surface area (Å²) < 4.78 is 2.10. The van der Waals surface area contributed by atoms with E-state index in [0.29, 0.717) is 6.04 Å². The molecule has 0 spiro atoms. The second kappa shape index (κ2) is 4.84. The summed E-state index contributed by atoms with van der Waals surface area (Å²) in [5.41, 5.74) is 5.33. The van der Waals surface area contributed by atoms with Crippen LogP contribution in [0.3, 0.4) is 0 Å². The van der Waals surface area contributed by atoms with Crippen molar-refractivity contribution in [3.8, 4) is 11.3 Å². The lowest BCUT2D eigenvalue weighted by atomic mass is 9.82. The first kappa shape index (κ1) is 13.9. The summed E-state index contributed by atoms with van der Waals surface area (Å²) in [6, 6.07) is 9.19. The maximum Gasteiger partial charge on any atom is 0.0688 e. The van der Waals surface area contributed by atoms with Gasteiger partial charge in [-0.05, 0) is 37.8 Å². The molecule has 1 aromatic heterocycles. The van der Waals surface area contributed by atoms with Crippen molar-refractivity contribution >= 4 is 0 Å². The Morgan fingerprint density at radius 3 is 2.37 bits per heavy atom. The second-order valence-electron chi connectivity index (χ2n) is 6.55. The highest BCUT2D eigenvalue weighted by Gasteiger charge is 2.21. The van der Waals surface area contributed by atoms with Crippen LogP contribution >= 0.6 is 0 Å².